The lowest BCUT2D eigenvalue weighted by atomic mass is 10.1. The maximum absolute atomic E-state index is 9.39. The minimum Gasteiger partial charge on any atom is -0.389 e. The minimum absolute atomic E-state index is 0.453. The molecule has 2 aromatic rings. The first-order valence-corrected chi connectivity index (χ1v) is 5.41. The summed E-state index contributed by atoms with van der Waals surface area (Å²) in [6.45, 7) is 4.57. The van der Waals surface area contributed by atoms with Crippen LogP contribution < -0.4 is 0 Å². The van der Waals surface area contributed by atoms with Crippen LogP contribution in [0.15, 0.2) is 36.7 Å². The number of aliphatic hydroxyl groups is 1. The maximum Gasteiger partial charge on any atom is 0.0792 e. The van der Waals surface area contributed by atoms with Gasteiger partial charge >= 0.3 is 0 Å². The zero-order valence-electron chi connectivity index (χ0n) is 9.59. The van der Waals surface area contributed by atoms with Gasteiger partial charge in [-0.15, -0.1) is 0 Å². The molecule has 0 bridgehead atoms. The molecule has 0 fully saturated rings. The fourth-order valence-corrected chi connectivity index (χ4v) is 1.68. The first-order chi connectivity index (χ1) is 7.65. The molecule has 1 atom stereocenters. The van der Waals surface area contributed by atoms with E-state index in [2.05, 4.69) is 30.2 Å². The third-order valence-corrected chi connectivity index (χ3v) is 2.56. The molecular weight excluding hydrogens is 200 g/mol. The van der Waals surface area contributed by atoms with Crippen LogP contribution >= 0.6 is 0 Å². The molecular formula is C13H16N2O. The monoisotopic (exact) mass is 216 g/mol. The summed E-state index contributed by atoms with van der Waals surface area (Å²) in [5.41, 5.74) is 3.33. The normalized spacial score (nSPS) is 12.7. The Morgan fingerprint density at radius 2 is 2.25 bits per heavy atom. The van der Waals surface area contributed by atoms with E-state index in [1.807, 2.05) is 16.9 Å². The molecule has 2 rings (SSSR count). The lowest BCUT2D eigenvalue weighted by molar-refractivity contribution is 0.199. The number of aliphatic hydroxyl groups excluding tert-OH is 1. The van der Waals surface area contributed by atoms with Crippen molar-refractivity contribution in [1.82, 2.24) is 9.78 Å². The van der Waals surface area contributed by atoms with Gasteiger partial charge in [0.2, 0.25) is 0 Å². The molecule has 1 heterocycles. The Balaban J connectivity index is 2.14. The van der Waals surface area contributed by atoms with E-state index in [0.29, 0.717) is 0 Å². The van der Waals surface area contributed by atoms with Crippen molar-refractivity contribution in [3.8, 4) is 0 Å². The van der Waals surface area contributed by atoms with Crippen LogP contribution in [0.2, 0.25) is 0 Å². The summed E-state index contributed by atoms with van der Waals surface area (Å²) in [6, 6.07) is 8.35. The molecule has 0 aliphatic heterocycles. The van der Waals surface area contributed by atoms with Crippen molar-refractivity contribution in [1.29, 1.82) is 0 Å². The first-order valence-electron chi connectivity index (χ1n) is 5.41. The second-order valence-corrected chi connectivity index (χ2v) is 4.14. The second-order valence-electron chi connectivity index (χ2n) is 4.14. The molecule has 0 radical (unpaired) electrons. The van der Waals surface area contributed by atoms with Gasteiger partial charge in [-0.3, -0.25) is 4.68 Å². The Kier molecular flexibility index (Phi) is 3.06. The highest BCUT2D eigenvalue weighted by Crippen LogP contribution is 2.11. The SMILES string of the molecule is Cc1cccc(Cn2cc(C(C)O)cn2)c1. The van der Waals surface area contributed by atoms with Crippen LogP contribution in [0.1, 0.15) is 29.7 Å². The molecule has 1 N–H and O–H groups in total. The van der Waals surface area contributed by atoms with Crippen LogP contribution in [-0.4, -0.2) is 14.9 Å². The number of aryl methyl sites for hydroxylation is 1. The standard InChI is InChI=1S/C13H16N2O/c1-10-4-3-5-12(6-10)8-15-9-13(7-14-15)11(2)16/h3-7,9,11,16H,8H2,1-2H3. The smallest absolute Gasteiger partial charge is 0.0792 e. The average molecular weight is 216 g/mol. The van der Waals surface area contributed by atoms with E-state index < -0.39 is 6.10 Å². The largest absolute Gasteiger partial charge is 0.389 e. The van der Waals surface area contributed by atoms with Gasteiger partial charge in [-0.2, -0.15) is 5.10 Å². The van der Waals surface area contributed by atoms with Gasteiger partial charge in [-0.1, -0.05) is 29.8 Å². The van der Waals surface area contributed by atoms with E-state index in [1.54, 1.807) is 13.1 Å². The van der Waals surface area contributed by atoms with Crippen molar-refractivity contribution in [2.24, 2.45) is 0 Å². The molecule has 1 aromatic carbocycles. The van der Waals surface area contributed by atoms with Crippen molar-refractivity contribution in [3.63, 3.8) is 0 Å². The van der Waals surface area contributed by atoms with E-state index in [-0.39, 0.29) is 0 Å². The summed E-state index contributed by atoms with van der Waals surface area (Å²) in [6.07, 6.45) is 3.14. The van der Waals surface area contributed by atoms with Crippen molar-refractivity contribution >= 4 is 0 Å². The molecule has 0 amide bonds. The van der Waals surface area contributed by atoms with Crippen molar-refractivity contribution < 1.29 is 5.11 Å². The van der Waals surface area contributed by atoms with E-state index in [1.165, 1.54) is 11.1 Å². The van der Waals surface area contributed by atoms with Crippen LogP contribution in [0.4, 0.5) is 0 Å². The topological polar surface area (TPSA) is 38.0 Å². The first kappa shape index (κ1) is 10.9. The number of hydrogen-bond donors (Lipinski definition) is 1. The predicted molar refractivity (Wildman–Crippen MR) is 63.1 cm³/mol. The Morgan fingerprint density at radius 3 is 2.88 bits per heavy atom. The Morgan fingerprint density at radius 1 is 1.44 bits per heavy atom. The third-order valence-electron chi connectivity index (χ3n) is 2.56. The molecule has 0 spiro atoms. The van der Waals surface area contributed by atoms with Crippen molar-refractivity contribution in [2.45, 2.75) is 26.5 Å². The van der Waals surface area contributed by atoms with Gasteiger partial charge in [0.25, 0.3) is 0 Å². The summed E-state index contributed by atoms with van der Waals surface area (Å²) in [7, 11) is 0. The highest BCUT2D eigenvalue weighted by Gasteiger charge is 2.04. The Labute approximate surface area is 95.3 Å². The van der Waals surface area contributed by atoms with E-state index in [9.17, 15) is 5.11 Å². The van der Waals surface area contributed by atoms with Gasteiger partial charge in [0.05, 0.1) is 18.8 Å². The van der Waals surface area contributed by atoms with Gasteiger partial charge in [-0.05, 0) is 19.4 Å². The second kappa shape index (κ2) is 4.49. The highest BCUT2D eigenvalue weighted by atomic mass is 16.3. The van der Waals surface area contributed by atoms with Crippen molar-refractivity contribution in [2.75, 3.05) is 0 Å². The van der Waals surface area contributed by atoms with Crippen LogP contribution in [0.3, 0.4) is 0 Å². The zero-order chi connectivity index (χ0) is 11.5. The lowest BCUT2D eigenvalue weighted by Gasteiger charge is -2.03. The fourth-order valence-electron chi connectivity index (χ4n) is 1.68. The minimum atomic E-state index is -0.453. The molecule has 1 unspecified atom stereocenters. The zero-order valence-corrected chi connectivity index (χ0v) is 9.59. The number of aromatic nitrogens is 2. The summed E-state index contributed by atoms with van der Waals surface area (Å²) >= 11 is 0. The average Bonchev–Trinajstić information content (AvgIpc) is 2.66. The summed E-state index contributed by atoms with van der Waals surface area (Å²) in [5.74, 6) is 0. The molecule has 0 aliphatic carbocycles. The Bertz CT molecular complexity index is 474. The van der Waals surface area contributed by atoms with Crippen LogP contribution in [0.25, 0.3) is 0 Å². The van der Waals surface area contributed by atoms with Gasteiger partial charge in [0.15, 0.2) is 0 Å². The van der Waals surface area contributed by atoms with Gasteiger partial charge in [0.1, 0.15) is 0 Å². The predicted octanol–water partition coefficient (Wildman–Crippen LogP) is 2.29. The highest BCUT2D eigenvalue weighted by molar-refractivity contribution is 5.22. The summed E-state index contributed by atoms with van der Waals surface area (Å²) in [5, 5.41) is 13.6. The summed E-state index contributed by atoms with van der Waals surface area (Å²) in [4.78, 5) is 0. The molecule has 16 heavy (non-hydrogen) atoms. The van der Waals surface area contributed by atoms with Gasteiger partial charge < -0.3 is 5.11 Å². The fraction of sp³-hybridized carbons (Fsp3) is 0.308. The molecule has 3 nitrogen and oxygen atoms in total. The van der Waals surface area contributed by atoms with E-state index in [4.69, 9.17) is 0 Å². The maximum atomic E-state index is 9.39. The van der Waals surface area contributed by atoms with Crippen LogP contribution in [0, 0.1) is 6.92 Å². The molecule has 84 valence electrons. The lowest BCUT2D eigenvalue weighted by Crippen LogP contribution is -2.00. The third kappa shape index (κ3) is 2.49. The molecule has 1 aromatic heterocycles. The van der Waals surface area contributed by atoms with Crippen LogP contribution in [-0.2, 0) is 6.54 Å². The van der Waals surface area contributed by atoms with E-state index >= 15 is 0 Å². The molecule has 0 saturated heterocycles. The number of rotatable bonds is 3. The molecule has 3 heteroatoms. The molecule has 0 aliphatic rings. The Hall–Kier alpha value is -1.61. The number of hydrogen-bond acceptors (Lipinski definition) is 2. The van der Waals surface area contributed by atoms with Gasteiger partial charge in [-0.25, -0.2) is 0 Å². The number of nitrogens with zero attached hydrogens (tertiary/aromatic N) is 2. The van der Waals surface area contributed by atoms with Gasteiger partial charge in [0, 0.05) is 11.8 Å². The molecule has 0 saturated carbocycles. The number of benzene rings is 1. The van der Waals surface area contributed by atoms with Crippen LogP contribution in [0.5, 0.6) is 0 Å². The van der Waals surface area contributed by atoms with Crippen molar-refractivity contribution in [3.05, 3.63) is 53.3 Å². The quantitative estimate of drug-likeness (QED) is 0.854. The summed E-state index contributed by atoms with van der Waals surface area (Å²) < 4.78 is 1.84. The van der Waals surface area contributed by atoms with E-state index in [0.717, 1.165) is 12.1 Å².